The lowest BCUT2D eigenvalue weighted by Crippen LogP contribution is -2.26. The number of carbonyl (C=O) groups is 1. The lowest BCUT2D eigenvalue weighted by atomic mass is 10.1. The van der Waals surface area contributed by atoms with Crippen molar-refractivity contribution in [3.8, 4) is 6.07 Å². The van der Waals surface area contributed by atoms with E-state index in [2.05, 4.69) is 16.4 Å². The van der Waals surface area contributed by atoms with Gasteiger partial charge in [-0.2, -0.15) is 5.26 Å². The quantitative estimate of drug-likeness (QED) is 0.470. The number of thioether (sulfide) groups is 1. The minimum atomic E-state index is -0.179. The van der Waals surface area contributed by atoms with Crippen LogP contribution in [0.5, 0.6) is 0 Å². The molecule has 0 saturated heterocycles. The van der Waals surface area contributed by atoms with Crippen LogP contribution in [0.1, 0.15) is 31.9 Å². The summed E-state index contributed by atoms with van der Waals surface area (Å²) in [4.78, 5) is 30.0. The molecule has 3 rings (SSSR count). The molecule has 148 valence electrons. The molecule has 6 nitrogen and oxygen atoms in total. The predicted octanol–water partition coefficient (Wildman–Crippen LogP) is 4.16. The van der Waals surface area contributed by atoms with Crippen molar-refractivity contribution in [2.24, 2.45) is 0 Å². The number of benzene rings is 2. The largest absolute Gasteiger partial charge is 0.325 e. The molecule has 1 heterocycles. The Morgan fingerprint density at radius 3 is 2.66 bits per heavy atom. The van der Waals surface area contributed by atoms with E-state index in [0.29, 0.717) is 28.2 Å². The number of anilines is 1. The van der Waals surface area contributed by atoms with E-state index in [1.807, 2.05) is 44.2 Å². The first-order valence-corrected chi connectivity index (χ1v) is 10.4. The van der Waals surface area contributed by atoms with Gasteiger partial charge in [0, 0.05) is 11.7 Å². The summed E-state index contributed by atoms with van der Waals surface area (Å²) in [5, 5.41) is 12.7. The first kappa shape index (κ1) is 20.6. The average molecular weight is 407 g/mol. The molecule has 0 aliphatic heterocycles. The maximum Gasteiger partial charge on any atom is 0.262 e. The molecule has 0 radical (unpaired) electrons. The number of carbonyl (C=O) groups excluding carboxylic acids is 1. The number of fused-ring (bicyclic) bond motifs is 1. The van der Waals surface area contributed by atoms with Crippen LogP contribution in [0.15, 0.2) is 58.5 Å². The first-order valence-electron chi connectivity index (χ1n) is 9.43. The Kier molecular flexibility index (Phi) is 6.68. The second kappa shape index (κ2) is 9.39. The Morgan fingerprint density at radius 1 is 1.24 bits per heavy atom. The minimum Gasteiger partial charge on any atom is -0.325 e. The second-order valence-corrected chi connectivity index (χ2v) is 7.66. The summed E-state index contributed by atoms with van der Waals surface area (Å²) < 4.78 is 1.68. The summed E-state index contributed by atoms with van der Waals surface area (Å²) >= 11 is 1.26. The van der Waals surface area contributed by atoms with Gasteiger partial charge in [0.1, 0.15) is 0 Å². The van der Waals surface area contributed by atoms with E-state index in [9.17, 15) is 9.59 Å². The molecule has 0 bridgehead atoms. The van der Waals surface area contributed by atoms with Gasteiger partial charge >= 0.3 is 0 Å². The van der Waals surface area contributed by atoms with Gasteiger partial charge in [0.25, 0.3) is 5.56 Å². The van der Waals surface area contributed by atoms with E-state index in [1.54, 1.807) is 22.8 Å². The van der Waals surface area contributed by atoms with E-state index < -0.39 is 0 Å². The molecule has 0 aliphatic rings. The second-order valence-electron chi connectivity index (χ2n) is 6.71. The van der Waals surface area contributed by atoms with Crippen LogP contribution in [0.3, 0.4) is 0 Å². The van der Waals surface area contributed by atoms with Gasteiger partial charge in [0.15, 0.2) is 5.16 Å². The molecule has 0 spiro atoms. The van der Waals surface area contributed by atoms with Crippen LogP contribution in [0.2, 0.25) is 0 Å². The molecular weight excluding hydrogens is 384 g/mol. The number of para-hydroxylation sites is 1. The third-order valence-electron chi connectivity index (χ3n) is 4.66. The van der Waals surface area contributed by atoms with Gasteiger partial charge in [-0.3, -0.25) is 14.2 Å². The fraction of sp³-hybridized carbons (Fsp3) is 0.273. The molecule has 0 aliphatic carbocycles. The first-order chi connectivity index (χ1) is 14.0. The molecule has 1 N–H and O–H groups in total. The normalized spacial score (nSPS) is 11.8. The minimum absolute atomic E-state index is 0.0159. The highest BCUT2D eigenvalue weighted by Crippen LogP contribution is 2.22. The molecule has 1 aromatic heterocycles. The summed E-state index contributed by atoms with van der Waals surface area (Å²) in [5.41, 5.74) is 2.12. The van der Waals surface area contributed by atoms with E-state index in [1.165, 1.54) is 11.8 Å². The number of hydrogen-bond donors (Lipinski definition) is 1. The van der Waals surface area contributed by atoms with E-state index in [4.69, 9.17) is 5.26 Å². The Balaban J connectivity index is 1.78. The van der Waals surface area contributed by atoms with Crippen LogP contribution in [-0.2, 0) is 11.2 Å². The number of nitriles is 1. The molecule has 3 aromatic rings. The van der Waals surface area contributed by atoms with Gasteiger partial charge in [0.2, 0.25) is 5.91 Å². The van der Waals surface area contributed by atoms with Crippen molar-refractivity contribution in [2.75, 3.05) is 11.1 Å². The zero-order chi connectivity index (χ0) is 20.8. The number of hydrogen-bond acceptors (Lipinski definition) is 5. The molecule has 0 saturated carbocycles. The van der Waals surface area contributed by atoms with Crippen molar-refractivity contribution < 1.29 is 4.79 Å². The zero-order valence-electron chi connectivity index (χ0n) is 16.4. The molecular formula is C22H22N4O2S. The SMILES string of the molecule is CC[C@H](C)n1c(SCC(=O)Nc2ccc(CC#N)cc2)nc2ccccc2c1=O. The van der Waals surface area contributed by atoms with Crippen molar-refractivity contribution in [2.45, 2.75) is 37.9 Å². The van der Waals surface area contributed by atoms with E-state index in [0.717, 1.165) is 12.0 Å². The van der Waals surface area contributed by atoms with Crippen molar-refractivity contribution in [1.29, 1.82) is 5.26 Å². The third-order valence-corrected chi connectivity index (χ3v) is 5.61. The highest BCUT2D eigenvalue weighted by atomic mass is 32.2. The number of aromatic nitrogens is 2. The standard InChI is InChI=1S/C22H22N4O2S/c1-3-15(2)26-21(28)18-6-4-5-7-19(18)25-22(26)29-14-20(27)24-17-10-8-16(9-11-17)12-13-23/h4-11,15H,3,12,14H2,1-2H3,(H,24,27)/t15-/m0/s1. The molecule has 0 fully saturated rings. The van der Waals surface area contributed by atoms with Crippen LogP contribution < -0.4 is 10.9 Å². The monoisotopic (exact) mass is 406 g/mol. The highest BCUT2D eigenvalue weighted by molar-refractivity contribution is 7.99. The third kappa shape index (κ3) is 4.84. The molecule has 7 heteroatoms. The summed E-state index contributed by atoms with van der Waals surface area (Å²) in [6.45, 7) is 3.99. The van der Waals surface area contributed by atoms with Gasteiger partial charge in [-0.05, 0) is 43.2 Å². The number of amides is 1. The lowest BCUT2D eigenvalue weighted by molar-refractivity contribution is -0.113. The van der Waals surface area contributed by atoms with Crippen molar-refractivity contribution in [3.05, 3.63) is 64.4 Å². The van der Waals surface area contributed by atoms with Crippen molar-refractivity contribution in [1.82, 2.24) is 9.55 Å². The summed E-state index contributed by atoms with van der Waals surface area (Å²) in [6.07, 6.45) is 1.12. The van der Waals surface area contributed by atoms with Crippen LogP contribution >= 0.6 is 11.8 Å². The van der Waals surface area contributed by atoms with Crippen LogP contribution in [0.4, 0.5) is 5.69 Å². The number of nitrogens with zero attached hydrogens (tertiary/aromatic N) is 3. The van der Waals surface area contributed by atoms with Crippen molar-refractivity contribution >= 4 is 34.3 Å². The average Bonchev–Trinajstić information content (AvgIpc) is 2.73. The maximum atomic E-state index is 13.0. The lowest BCUT2D eigenvalue weighted by Gasteiger charge is -2.18. The Bertz CT molecular complexity index is 1120. The fourth-order valence-corrected chi connectivity index (χ4v) is 3.82. The fourth-order valence-electron chi connectivity index (χ4n) is 2.92. The van der Waals surface area contributed by atoms with Gasteiger partial charge in [0.05, 0.1) is 29.1 Å². The topological polar surface area (TPSA) is 87.8 Å². The van der Waals surface area contributed by atoms with Gasteiger partial charge < -0.3 is 5.32 Å². The summed E-state index contributed by atoms with van der Waals surface area (Å²) in [7, 11) is 0. The summed E-state index contributed by atoms with van der Waals surface area (Å²) in [6, 6.07) is 16.5. The maximum absolute atomic E-state index is 13.0. The summed E-state index contributed by atoms with van der Waals surface area (Å²) in [5.74, 6) is -0.0395. The van der Waals surface area contributed by atoms with Crippen LogP contribution in [0.25, 0.3) is 10.9 Å². The zero-order valence-corrected chi connectivity index (χ0v) is 17.2. The molecule has 1 amide bonds. The van der Waals surface area contributed by atoms with Crippen LogP contribution in [0, 0.1) is 11.3 Å². The van der Waals surface area contributed by atoms with Gasteiger partial charge in [-0.1, -0.05) is 43.0 Å². The molecule has 1 atom stereocenters. The Morgan fingerprint density at radius 2 is 1.97 bits per heavy atom. The van der Waals surface area contributed by atoms with E-state index >= 15 is 0 Å². The predicted molar refractivity (Wildman–Crippen MR) is 116 cm³/mol. The number of rotatable bonds is 7. The van der Waals surface area contributed by atoms with Crippen LogP contribution in [-0.4, -0.2) is 21.2 Å². The molecule has 29 heavy (non-hydrogen) atoms. The van der Waals surface area contributed by atoms with Gasteiger partial charge in [-0.25, -0.2) is 4.98 Å². The van der Waals surface area contributed by atoms with E-state index in [-0.39, 0.29) is 23.3 Å². The Hall–Kier alpha value is -3.11. The van der Waals surface area contributed by atoms with Gasteiger partial charge in [-0.15, -0.1) is 0 Å². The number of nitrogens with one attached hydrogen (secondary N) is 1. The highest BCUT2D eigenvalue weighted by Gasteiger charge is 2.16. The Labute approximate surface area is 173 Å². The smallest absolute Gasteiger partial charge is 0.262 e. The molecule has 2 aromatic carbocycles. The van der Waals surface area contributed by atoms with Crippen molar-refractivity contribution in [3.63, 3.8) is 0 Å². The molecule has 0 unspecified atom stereocenters.